The molecule has 1 aliphatic rings. The largest absolute Gasteiger partial charge is 0.491 e. The first-order valence-corrected chi connectivity index (χ1v) is 7.38. The van der Waals surface area contributed by atoms with Crippen molar-refractivity contribution in [3.63, 3.8) is 0 Å². The fraction of sp³-hybridized carbons (Fsp3) is 0.176. The van der Waals surface area contributed by atoms with Crippen LogP contribution in [0.2, 0.25) is 0 Å². The molecule has 0 aromatic heterocycles. The third-order valence-electron chi connectivity index (χ3n) is 3.90. The second kappa shape index (κ2) is 7.01. The van der Waals surface area contributed by atoms with Gasteiger partial charge in [0, 0.05) is 11.1 Å². The van der Waals surface area contributed by atoms with Crippen molar-refractivity contribution in [1.82, 2.24) is 5.06 Å². The summed E-state index contributed by atoms with van der Waals surface area (Å²) in [6.07, 6.45) is 0. The van der Waals surface area contributed by atoms with Gasteiger partial charge in [0.25, 0.3) is 0 Å². The molecule has 3 N–H and O–H groups in total. The van der Waals surface area contributed by atoms with Crippen LogP contribution in [0.3, 0.4) is 0 Å². The van der Waals surface area contributed by atoms with Gasteiger partial charge in [-0.1, -0.05) is 47.6 Å². The highest BCUT2D eigenvalue weighted by Gasteiger charge is 2.28. The van der Waals surface area contributed by atoms with E-state index in [1.54, 1.807) is 23.3 Å². The van der Waals surface area contributed by atoms with Gasteiger partial charge in [0.1, 0.15) is 18.4 Å². The molecular weight excluding hydrogens is 310 g/mol. The van der Waals surface area contributed by atoms with Gasteiger partial charge in [-0.25, -0.2) is 0 Å². The summed E-state index contributed by atoms with van der Waals surface area (Å²) >= 11 is 0. The molecule has 124 valence electrons. The van der Waals surface area contributed by atoms with Crippen molar-refractivity contribution in [2.75, 3.05) is 6.61 Å². The van der Waals surface area contributed by atoms with Crippen molar-refractivity contribution >= 4 is 12.3 Å². The van der Waals surface area contributed by atoms with Gasteiger partial charge >= 0.3 is 6.47 Å². The van der Waals surface area contributed by atoms with Crippen LogP contribution in [0.4, 0.5) is 0 Å². The average Bonchev–Trinajstić information content (AvgIpc) is 2.80. The molecule has 24 heavy (non-hydrogen) atoms. The van der Waals surface area contributed by atoms with Crippen molar-refractivity contribution in [3.05, 3.63) is 65.2 Å². The zero-order chi connectivity index (χ0) is 16.9. The zero-order valence-corrected chi connectivity index (χ0v) is 12.8. The van der Waals surface area contributed by atoms with Crippen LogP contribution in [-0.4, -0.2) is 29.2 Å². The lowest BCUT2D eigenvalue weighted by atomic mass is 10.1. The second-order valence-corrected chi connectivity index (χ2v) is 5.32. The Morgan fingerprint density at radius 2 is 2.12 bits per heavy atom. The van der Waals surface area contributed by atoms with E-state index in [0.29, 0.717) is 30.9 Å². The third kappa shape index (κ3) is 3.16. The number of hydroxylamine groups is 2. The first-order chi connectivity index (χ1) is 11.7. The Bertz CT molecular complexity index is 749. The fourth-order valence-electron chi connectivity index (χ4n) is 2.67. The molecule has 0 aliphatic carbocycles. The minimum atomic E-state index is -0.240. The van der Waals surface area contributed by atoms with Gasteiger partial charge in [-0.05, 0) is 11.6 Å². The topological polar surface area (TPSA) is 97.4 Å². The second-order valence-electron chi connectivity index (χ2n) is 5.32. The maximum Gasteiger partial charge on any atom is 0.313 e. The summed E-state index contributed by atoms with van der Waals surface area (Å²) in [7, 11) is 0. The lowest BCUT2D eigenvalue weighted by Gasteiger charge is -2.25. The minimum Gasteiger partial charge on any atom is -0.491 e. The molecule has 0 saturated carbocycles. The molecule has 0 spiro atoms. The van der Waals surface area contributed by atoms with E-state index in [9.17, 15) is 4.79 Å². The molecule has 7 heteroatoms. The lowest BCUT2D eigenvalue weighted by Crippen LogP contribution is -2.30. The molecule has 0 bridgehead atoms. The van der Waals surface area contributed by atoms with Crippen LogP contribution in [0.25, 0.3) is 0 Å². The van der Waals surface area contributed by atoms with E-state index < -0.39 is 0 Å². The maximum atomic E-state index is 10.9. The summed E-state index contributed by atoms with van der Waals surface area (Å²) in [5.41, 5.74) is 7.99. The molecule has 1 aliphatic heterocycles. The number of hydrogen-bond donors (Lipinski definition) is 2. The Hall–Kier alpha value is -3.06. The SMILES string of the molecule is NC(=NO)c1ccc2c(c1)OCC(c1ccccc1)N(OC=O)C2. The molecule has 0 amide bonds. The number of rotatable bonds is 4. The van der Waals surface area contributed by atoms with Crippen molar-refractivity contribution in [3.8, 4) is 5.75 Å². The number of carbonyl (C=O) groups is 1. The van der Waals surface area contributed by atoms with Crippen LogP contribution in [0.5, 0.6) is 5.75 Å². The first-order valence-electron chi connectivity index (χ1n) is 7.38. The number of carbonyl (C=O) groups excluding carboxylic acids is 1. The van der Waals surface area contributed by atoms with Gasteiger partial charge in [-0.15, -0.1) is 5.06 Å². The van der Waals surface area contributed by atoms with Crippen LogP contribution in [0, 0.1) is 0 Å². The highest BCUT2D eigenvalue weighted by Crippen LogP contribution is 2.32. The maximum absolute atomic E-state index is 10.9. The summed E-state index contributed by atoms with van der Waals surface area (Å²) in [5, 5.41) is 13.4. The van der Waals surface area contributed by atoms with E-state index >= 15 is 0 Å². The summed E-state index contributed by atoms with van der Waals surface area (Å²) in [6.45, 7) is 1.07. The van der Waals surface area contributed by atoms with Crippen molar-refractivity contribution in [1.29, 1.82) is 0 Å². The predicted molar refractivity (Wildman–Crippen MR) is 86.3 cm³/mol. The summed E-state index contributed by atoms with van der Waals surface area (Å²) < 4.78 is 5.90. The number of oxime groups is 1. The van der Waals surface area contributed by atoms with E-state index in [4.69, 9.17) is 20.5 Å². The molecule has 3 rings (SSSR count). The third-order valence-corrected chi connectivity index (χ3v) is 3.90. The fourth-order valence-corrected chi connectivity index (χ4v) is 2.67. The van der Waals surface area contributed by atoms with Gasteiger partial charge in [-0.3, -0.25) is 4.79 Å². The van der Waals surface area contributed by atoms with Gasteiger partial charge in [0.15, 0.2) is 5.84 Å². The summed E-state index contributed by atoms with van der Waals surface area (Å²) in [4.78, 5) is 16.1. The quantitative estimate of drug-likeness (QED) is 0.292. The summed E-state index contributed by atoms with van der Waals surface area (Å²) in [5.74, 6) is 0.614. The molecule has 0 saturated heterocycles. The molecule has 1 heterocycles. The molecule has 1 atom stereocenters. The van der Waals surface area contributed by atoms with Crippen LogP contribution in [-0.2, 0) is 16.2 Å². The van der Waals surface area contributed by atoms with Gasteiger partial charge in [0.2, 0.25) is 0 Å². The summed E-state index contributed by atoms with van der Waals surface area (Å²) in [6, 6.07) is 14.7. The smallest absolute Gasteiger partial charge is 0.313 e. The molecule has 0 fully saturated rings. The van der Waals surface area contributed by atoms with E-state index in [-0.39, 0.29) is 11.9 Å². The molecule has 7 nitrogen and oxygen atoms in total. The number of ether oxygens (including phenoxy) is 1. The zero-order valence-electron chi connectivity index (χ0n) is 12.8. The van der Waals surface area contributed by atoms with E-state index in [0.717, 1.165) is 11.1 Å². The lowest BCUT2D eigenvalue weighted by molar-refractivity contribution is -0.192. The molecular formula is C17H17N3O4. The predicted octanol–water partition coefficient (Wildman–Crippen LogP) is 1.80. The van der Waals surface area contributed by atoms with Crippen LogP contribution in [0.15, 0.2) is 53.7 Å². The Labute approximate surface area is 138 Å². The van der Waals surface area contributed by atoms with E-state index in [1.807, 2.05) is 30.3 Å². The number of amidine groups is 1. The van der Waals surface area contributed by atoms with Crippen molar-refractivity contribution in [2.24, 2.45) is 10.9 Å². The van der Waals surface area contributed by atoms with Crippen LogP contribution in [0.1, 0.15) is 22.7 Å². The van der Waals surface area contributed by atoms with E-state index in [2.05, 4.69) is 5.16 Å². The normalized spacial score (nSPS) is 18.2. The highest BCUT2D eigenvalue weighted by atomic mass is 16.7. The van der Waals surface area contributed by atoms with Gasteiger partial charge in [-0.2, -0.15) is 0 Å². The van der Waals surface area contributed by atoms with Gasteiger partial charge < -0.3 is 20.5 Å². The number of nitrogens with two attached hydrogens (primary N) is 1. The Balaban J connectivity index is 1.94. The molecule has 2 aromatic rings. The molecule has 2 aromatic carbocycles. The average molecular weight is 327 g/mol. The Morgan fingerprint density at radius 1 is 1.33 bits per heavy atom. The molecule has 0 radical (unpaired) electrons. The highest BCUT2D eigenvalue weighted by molar-refractivity contribution is 5.97. The molecule has 1 unspecified atom stereocenters. The van der Waals surface area contributed by atoms with E-state index in [1.165, 1.54) is 0 Å². The standard InChI is InChI=1S/C17H17N3O4/c18-17(19-22)13-6-7-14-9-20(24-11-21)15(10-23-16(14)8-13)12-4-2-1-3-5-12/h1-8,11,15,22H,9-10H2,(H2,18,19). The number of benzene rings is 2. The van der Waals surface area contributed by atoms with Gasteiger partial charge in [0.05, 0.1) is 6.54 Å². The van der Waals surface area contributed by atoms with Crippen LogP contribution >= 0.6 is 0 Å². The first kappa shape index (κ1) is 15.8. The Kier molecular flexibility index (Phi) is 4.62. The number of hydrogen-bond acceptors (Lipinski definition) is 6. The Morgan fingerprint density at radius 3 is 2.83 bits per heavy atom. The van der Waals surface area contributed by atoms with Crippen molar-refractivity contribution < 1.29 is 19.6 Å². The number of nitrogens with zero attached hydrogens (tertiary/aromatic N) is 2. The minimum absolute atomic E-state index is 0.00579. The monoisotopic (exact) mass is 327 g/mol. The number of fused-ring (bicyclic) bond motifs is 1. The van der Waals surface area contributed by atoms with Crippen molar-refractivity contribution in [2.45, 2.75) is 12.6 Å². The van der Waals surface area contributed by atoms with Crippen LogP contribution < -0.4 is 10.5 Å².